The van der Waals surface area contributed by atoms with Gasteiger partial charge in [0.2, 0.25) is 0 Å². The van der Waals surface area contributed by atoms with Gasteiger partial charge in [-0.05, 0) is 284 Å². The summed E-state index contributed by atoms with van der Waals surface area (Å²) in [5.74, 6) is 0.800. The molecule has 608 valence electrons. The molecule has 0 aliphatic carbocycles. The highest BCUT2D eigenvalue weighted by atomic mass is 32.1. The van der Waals surface area contributed by atoms with Crippen LogP contribution in [0, 0.1) is 0 Å². The van der Waals surface area contributed by atoms with Crippen LogP contribution < -0.4 is 30.0 Å². The summed E-state index contributed by atoms with van der Waals surface area (Å²) < 4.78 is 21.7. The first-order valence-electron chi connectivity index (χ1n) is 43.0. The van der Waals surface area contributed by atoms with Crippen molar-refractivity contribution >= 4 is 98.9 Å². The highest BCUT2D eigenvalue weighted by Crippen LogP contribution is 2.34. The largest absolute Gasteiger partial charge is 0.482 e. The molecule has 4 aromatic heterocycles. The molecule has 19 nitrogen and oxygen atoms in total. The van der Waals surface area contributed by atoms with E-state index in [1.165, 1.54) is 225 Å². The van der Waals surface area contributed by atoms with Gasteiger partial charge in [0.1, 0.15) is 5.75 Å². The molecule has 5 fully saturated rings. The van der Waals surface area contributed by atoms with Crippen molar-refractivity contribution in [2.24, 2.45) is 0 Å². The van der Waals surface area contributed by atoms with Crippen LogP contribution in [-0.4, -0.2) is 172 Å². The molecule has 0 unspecified atom stereocenters. The maximum atomic E-state index is 12.3. The lowest BCUT2D eigenvalue weighted by atomic mass is 10.1. The Hall–Kier alpha value is -7.15. The number of nitrogens with zero attached hydrogens (tertiary/aromatic N) is 10. The molecule has 0 atom stereocenters. The SMILES string of the molecule is CCC(=O)c1ccc2c(c1)oc(=O)n2CCCN1CCCCC1.CCC(=O)c1ccc2c(c1)sc(=O)n2CCCN1CCCCC1.CCCc1ccc2c(c1)OCC(=O)N2CCN1CCCCC1.CCCc1ccc2c(c1)sc(=O)n2CCCCN1CCCCC1.CCCc1ccc2c(c1)sc(=O)n2CCN1CCCCC1. The van der Waals surface area contributed by atoms with Crippen molar-refractivity contribution < 1.29 is 23.5 Å². The summed E-state index contributed by atoms with van der Waals surface area (Å²) in [7, 11) is 0. The number of anilines is 1. The number of ketones is 2. The van der Waals surface area contributed by atoms with E-state index in [9.17, 15) is 33.6 Å². The van der Waals surface area contributed by atoms with Crippen LogP contribution in [-0.2, 0) is 50.2 Å². The molecule has 10 heterocycles. The van der Waals surface area contributed by atoms with E-state index in [2.05, 4.69) is 93.8 Å². The van der Waals surface area contributed by atoms with Crippen LogP contribution in [0.3, 0.4) is 0 Å². The molecular formula is C90H126N10O9S3. The van der Waals surface area contributed by atoms with E-state index in [0.29, 0.717) is 36.1 Å². The monoisotopic (exact) mass is 1590 g/mol. The molecule has 0 spiro atoms. The van der Waals surface area contributed by atoms with Gasteiger partial charge in [0.05, 0.1) is 41.9 Å². The molecular weight excluding hydrogens is 1460 g/mol. The normalized spacial score (nSPS) is 16.8. The molecule has 0 radical (unpaired) electrons. The zero-order valence-electron chi connectivity index (χ0n) is 68.0. The number of thiazole rings is 3. The number of amides is 1. The fourth-order valence-electron chi connectivity index (χ4n) is 16.7. The van der Waals surface area contributed by atoms with E-state index < -0.39 is 0 Å². The number of carbonyl (C=O) groups excluding carboxylic acids is 3. The maximum Gasteiger partial charge on any atom is 0.419 e. The van der Waals surface area contributed by atoms with Crippen LogP contribution in [0.5, 0.6) is 5.75 Å². The van der Waals surface area contributed by atoms with Crippen LogP contribution in [0.25, 0.3) is 41.7 Å². The number of likely N-dealkylation sites (tertiary alicyclic amines) is 5. The van der Waals surface area contributed by atoms with Crippen molar-refractivity contribution in [1.82, 2.24) is 42.8 Å². The summed E-state index contributed by atoms with van der Waals surface area (Å²) in [6.45, 7) is 31.5. The molecule has 22 heteroatoms. The Labute approximate surface area is 675 Å². The third-order valence-electron chi connectivity index (χ3n) is 23.0. The van der Waals surface area contributed by atoms with E-state index in [1.807, 2.05) is 62.8 Å². The minimum atomic E-state index is -0.334. The second-order valence-corrected chi connectivity index (χ2v) is 34.4. The third kappa shape index (κ3) is 24.5. The van der Waals surface area contributed by atoms with Gasteiger partial charge in [-0.3, -0.25) is 47.0 Å². The zero-order valence-corrected chi connectivity index (χ0v) is 70.4. The first-order valence-corrected chi connectivity index (χ1v) is 45.4. The minimum absolute atomic E-state index is 0.0624. The Morgan fingerprint density at radius 2 is 0.723 bits per heavy atom. The third-order valence-corrected chi connectivity index (χ3v) is 25.8. The lowest BCUT2D eigenvalue weighted by molar-refractivity contribution is -0.121. The zero-order chi connectivity index (χ0) is 78.6. The number of fused-ring (bicyclic) bond motifs is 5. The van der Waals surface area contributed by atoms with Gasteiger partial charge in [-0.2, -0.15) is 0 Å². The van der Waals surface area contributed by atoms with E-state index >= 15 is 0 Å². The second-order valence-electron chi connectivity index (χ2n) is 31.4. The average Bonchev–Trinajstić information content (AvgIpc) is 1.28. The number of oxazole rings is 1. The topological polar surface area (TPSA) is 181 Å². The molecule has 0 bridgehead atoms. The Balaban J connectivity index is 0.000000138. The fraction of sp³-hybridized carbons (Fsp3) is 0.589. The number of aromatic nitrogens is 4. The number of piperidine rings is 5. The fourth-order valence-corrected chi connectivity index (χ4v) is 19.6. The highest BCUT2D eigenvalue weighted by Gasteiger charge is 2.27. The lowest BCUT2D eigenvalue weighted by Crippen LogP contribution is -2.44. The van der Waals surface area contributed by atoms with Crippen molar-refractivity contribution in [3.05, 3.63) is 158 Å². The van der Waals surface area contributed by atoms with Gasteiger partial charge >= 0.3 is 20.4 Å². The summed E-state index contributed by atoms with van der Waals surface area (Å²) in [5.41, 5.74) is 10.7. The summed E-state index contributed by atoms with van der Waals surface area (Å²) in [6.07, 6.45) is 31.7. The van der Waals surface area contributed by atoms with Gasteiger partial charge < -0.3 is 38.6 Å². The van der Waals surface area contributed by atoms with Crippen LogP contribution in [0.4, 0.5) is 5.69 Å². The number of hydrogen-bond acceptors (Lipinski definition) is 17. The van der Waals surface area contributed by atoms with Crippen molar-refractivity contribution in [2.75, 3.05) is 116 Å². The molecule has 5 aromatic carbocycles. The lowest BCUT2D eigenvalue weighted by Gasteiger charge is -2.33. The van der Waals surface area contributed by atoms with Gasteiger partial charge in [-0.1, -0.05) is 138 Å². The molecule has 6 aliphatic rings. The molecule has 9 aromatic rings. The Morgan fingerprint density at radius 1 is 0.357 bits per heavy atom. The Morgan fingerprint density at radius 3 is 1.19 bits per heavy atom. The van der Waals surface area contributed by atoms with Crippen molar-refractivity contribution in [2.45, 2.75) is 234 Å². The summed E-state index contributed by atoms with van der Waals surface area (Å²) in [6, 6.07) is 30.2. The van der Waals surface area contributed by atoms with Gasteiger partial charge in [0.25, 0.3) is 5.91 Å². The number of hydrogen-bond donors (Lipinski definition) is 0. The average molecular weight is 1590 g/mol. The molecule has 0 saturated carbocycles. The van der Waals surface area contributed by atoms with E-state index in [1.54, 1.807) is 16.7 Å². The maximum absolute atomic E-state index is 12.3. The molecule has 6 aliphatic heterocycles. The number of Topliss-reactive ketones (excluding diaryl/α,β-unsaturated/α-hetero) is 2. The standard InChI is InChI=1S/C19H28N2OS.C18H24N2O3.C18H24N2O2S.C18H26N2O2.C17H24N2OS/c1-2-8-16-9-10-17-18(15-16)23-19(22)21(17)14-7-6-13-20-11-4-3-5-12-20;2*1-2-16(21)14-7-8-15-17(13-14)23-18(22)20(15)12-6-11-19-9-4-3-5-10-19;1-2-6-15-7-8-16-17(13-15)22-14-18(21)20(16)12-11-19-9-4-3-5-10-19;1-2-6-14-7-8-15-16(13-14)21-17(20)19(15)12-11-18-9-4-3-5-10-18/h9-10,15H,2-8,11-14H2,1H3;2*7-8,13H,2-6,9-12H2,1H3;7-8,13H,2-6,9-12,14H2,1H3;7-8,13H,2-6,9-12H2,1H3. The number of rotatable bonds is 29. The smallest absolute Gasteiger partial charge is 0.419 e. The Bertz CT molecular complexity index is 4570. The minimum Gasteiger partial charge on any atom is -0.482 e. The number of carbonyl (C=O) groups is 3. The first kappa shape index (κ1) is 85.7. The molecule has 0 N–H and O–H groups in total. The summed E-state index contributed by atoms with van der Waals surface area (Å²) >= 11 is 4.04. The number of unbranched alkanes of at least 4 members (excludes halogenated alkanes) is 1. The molecule has 15 rings (SSSR count). The molecule has 112 heavy (non-hydrogen) atoms. The second kappa shape index (κ2) is 44.7. The van der Waals surface area contributed by atoms with Crippen LogP contribution in [0.15, 0.2) is 115 Å². The number of aryl methyl sites for hydroxylation is 6. The van der Waals surface area contributed by atoms with Crippen molar-refractivity contribution in [3.63, 3.8) is 0 Å². The van der Waals surface area contributed by atoms with Crippen molar-refractivity contribution in [3.8, 4) is 5.75 Å². The van der Waals surface area contributed by atoms with E-state index in [0.717, 1.165) is 158 Å². The van der Waals surface area contributed by atoms with Crippen LogP contribution in [0.2, 0.25) is 0 Å². The van der Waals surface area contributed by atoms with Crippen molar-refractivity contribution in [1.29, 1.82) is 0 Å². The van der Waals surface area contributed by atoms with Gasteiger partial charge in [0.15, 0.2) is 23.8 Å². The summed E-state index contributed by atoms with van der Waals surface area (Å²) in [5, 5.41) is 0. The molecule has 1 amide bonds. The van der Waals surface area contributed by atoms with Gasteiger partial charge in [-0.25, -0.2) is 4.79 Å². The van der Waals surface area contributed by atoms with Crippen LogP contribution >= 0.6 is 34.0 Å². The quantitative estimate of drug-likeness (QED) is 0.0319. The van der Waals surface area contributed by atoms with E-state index in [4.69, 9.17) is 9.15 Å². The Kier molecular flexibility index (Phi) is 34.2. The first-order chi connectivity index (χ1) is 54.7. The van der Waals surface area contributed by atoms with Gasteiger partial charge in [-0.15, -0.1) is 0 Å². The summed E-state index contributed by atoms with van der Waals surface area (Å²) in [4.78, 5) is 99.5. The van der Waals surface area contributed by atoms with Crippen LogP contribution in [0.1, 0.15) is 226 Å². The van der Waals surface area contributed by atoms with Gasteiger partial charge in [0, 0.05) is 69.8 Å². The van der Waals surface area contributed by atoms with E-state index in [-0.39, 0.29) is 44.5 Å². The number of benzene rings is 5. The molecule has 5 saturated heterocycles. The predicted octanol–water partition coefficient (Wildman–Crippen LogP) is 17.2. The highest BCUT2D eigenvalue weighted by molar-refractivity contribution is 7.17. The predicted molar refractivity (Wildman–Crippen MR) is 464 cm³/mol. The number of ether oxygens (including phenoxy) is 1.